The molecule has 2 aromatic rings. The van der Waals surface area contributed by atoms with Crippen molar-refractivity contribution in [2.45, 2.75) is 19.4 Å². The number of H-pyrrole nitrogens is 1. The zero-order valence-electron chi connectivity index (χ0n) is 10.8. The van der Waals surface area contributed by atoms with Crippen LogP contribution in [-0.2, 0) is 23.0 Å². The van der Waals surface area contributed by atoms with Gasteiger partial charge in [-0.2, -0.15) is 0 Å². The molecule has 0 unspecified atom stereocenters. The van der Waals surface area contributed by atoms with Gasteiger partial charge in [0.1, 0.15) is 0 Å². The number of nitrogens with one attached hydrogen (secondary N) is 2. The highest BCUT2D eigenvalue weighted by Gasteiger charge is 2.06. The van der Waals surface area contributed by atoms with Gasteiger partial charge in [0.15, 0.2) is 0 Å². The third-order valence-corrected chi connectivity index (χ3v) is 3.64. The molecular weight excluding hydrogens is 264 g/mol. The van der Waals surface area contributed by atoms with E-state index in [1.807, 2.05) is 24.4 Å². The second kappa shape index (κ2) is 5.73. The maximum Gasteiger partial charge on any atom is 0.209 e. The average molecular weight is 282 g/mol. The van der Waals surface area contributed by atoms with Gasteiger partial charge in [0.05, 0.1) is 6.26 Å². The Bertz CT molecular complexity index is 662. The van der Waals surface area contributed by atoms with Crippen LogP contribution < -0.4 is 4.72 Å². The Hall–Kier alpha value is -1.37. The summed E-state index contributed by atoms with van der Waals surface area (Å²) in [6.45, 7) is 0.460. The van der Waals surface area contributed by atoms with Crippen molar-refractivity contribution >= 4 is 20.9 Å². The molecular formula is C13H18N2O3S. The van der Waals surface area contributed by atoms with Crippen LogP contribution in [-0.4, -0.2) is 31.4 Å². The molecule has 0 saturated carbocycles. The summed E-state index contributed by atoms with van der Waals surface area (Å²) in [5, 5.41) is 9.96. The van der Waals surface area contributed by atoms with Crippen molar-refractivity contribution in [3.05, 3.63) is 35.5 Å². The van der Waals surface area contributed by atoms with Crippen molar-refractivity contribution in [1.29, 1.82) is 0 Å². The molecule has 6 heteroatoms. The van der Waals surface area contributed by atoms with Crippen LogP contribution in [0.3, 0.4) is 0 Å². The summed E-state index contributed by atoms with van der Waals surface area (Å²) in [7, 11) is -3.18. The first-order valence-corrected chi connectivity index (χ1v) is 8.03. The van der Waals surface area contributed by atoms with E-state index in [4.69, 9.17) is 5.11 Å². The highest BCUT2D eigenvalue weighted by Crippen LogP contribution is 2.21. The number of hydrogen-bond acceptors (Lipinski definition) is 3. The van der Waals surface area contributed by atoms with Gasteiger partial charge >= 0.3 is 0 Å². The lowest BCUT2D eigenvalue weighted by Crippen LogP contribution is -2.21. The van der Waals surface area contributed by atoms with Crippen LogP contribution >= 0.6 is 0 Å². The van der Waals surface area contributed by atoms with Crippen LogP contribution in [0.4, 0.5) is 0 Å². The van der Waals surface area contributed by atoms with E-state index in [1.165, 1.54) is 0 Å². The number of aliphatic hydroxyl groups excluding tert-OH is 1. The van der Waals surface area contributed by atoms with E-state index in [9.17, 15) is 8.42 Å². The van der Waals surface area contributed by atoms with Crippen molar-refractivity contribution in [2.75, 3.05) is 12.9 Å². The maximum absolute atomic E-state index is 11.1. The molecule has 19 heavy (non-hydrogen) atoms. The van der Waals surface area contributed by atoms with E-state index in [0.717, 1.165) is 41.1 Å². The summed E-state index contributed by atoms with van der Waals surface area (Å²) < 4.78 is 24.6. The predicted molar refractivity (Wildman–Crippen MR) is 75.4 cm³/mol. The van der Waals surface area contributed by atoms with Crippen molar-refractivity contribution in [1.82, 2.24) is 9.71 Å². The monoisotopic (exact) mass is 282 g/mol. The fourth-order valence-corrected chi connectivity index (χ4v) is 2.46. The molecule has 0 atom stereocenters. The lowest BCUT2D eigenvalue weighted by atomic mass is 10.1. The lowest BCUT2D eigenvalue weighted by molar-refractivity contribution is 0.289. The summed E-state index contributed by atoms with van der Waals surface area (Å²) in [5.41, 5.74) is 3.09. The minimum atomic E-state index is -3.18. The van der Waals surface area contributed by atoms with E-state index >= 15 is 0 Å². The first-order valence-electron chi connectivity index (χ1n) is 6.14. The summed E-state index contributed by atoms with van der Waals surface area (Å²) in [6.07, 6.45) is 4.61. The van der Waals surface area contributed by atoms with E-state index in [-0.39, 0.29) is 6.61 Å². The Balaban J connectivity index is 2.22. The largest absolute Gasteiger partial charge is 0.396 e. The fraction of sp³-hybridized carbons (Fsp3) is 0.385. The van der Waals surface area contributed by atoms with Gasteiger partial charge in [-0.15, -0.1) is 0 Å². The molecule has 0 spiro atoms. The van der Waals surface area contributed by atoms with Gasteiger partial charge in [-0.25, -0.2) is 13.1 Å². The molecule has 1 aromatic carbocycles. The van der Waals surface area contributed by atoms with Crippen molar-refractivity contribution < 1.29 is 13.5 Å². The second-order valence-corrected chi connectivity index (χ2v) is 6.45. The van der Waals surface area contributed by atoms with E-state index < -0.39 is 10.0 Å². The molecule has 0 amide bonds. The average Bonchev–Trinajstić information content (AvgIpc) is 2.75. The lowest BCUT2D eigenvalue weighted by Gasteiger charge is -2.04. The van der Waals surface area contributed by atoms with Gasteiger partial charge in [0.2, 0.25) is 10.0 Å². The molecule has 2 rings (SSSR count). The summed E-state index contributed by atoms with van der Waals surface area (Å²) in [5.74, 6) is 0. The normalized spacial score (nSPS) is 12.1. The van der Waals surface area contributed by atoms with Crippen LogP contribution in [0, 0.1) is 0 Å². The number of aryl methyl sites for hydroxylation is 1. The van der Waals surface area contributed by atoms with Gasteiger partial charge in [0.25, 0.3) is 0 Å². The highest BCUT2D eigenvalue weighted by atomic mass is 32.2. The number of aromatic nitrogens is 1. The number of hydrogen-bond donors (Lipinski definition) is 3. The number of fused-ring (bicyclic) bond motifs is 1. The van der Waals surface area contributed by atoms with Gasteiger partial charge in [-0.05, 0) is 36.1 Å². The van der Waals surface area contributed by atoms with Gasteiger partial charge in [0, 0.05) is 30.3 Å². The molecule has 0 radical (unpaired) electrons. The fourth-order valence-electron chi connectivity index (χ4n) is 2.03. The first-order chi connectivity index (χ1) is 8.99. The van der Waals surface area contributed by atoms with E-state index in [0.29, 0.717) is 6.54 Å². The summed E-state index contributed by atoms with van der Waals surface area (Å²) in [6, 6.07) is 5.82. The van der Waals surface area contributed by atoms with E-state index in [2.05, 4.69) is 9.71 Å². The topological polar surface area (TPSA) is 82.2 Å². The minimum absolute atomic E-state index is 0.169. The molecule has 0 fully saturated rings. The Morgan fingerprint density at radius 2 is 2.16 bits per heavy atom. The number of rotatable bonds is 6. The number of benzene rings is 1. The third kappa shape index (κ3) is 3.79. The quantitative estimate of drug-likeness (QED) is 0.743. The van der Waals surface area contributed by atoms with E-state index in [1.54, 1.807) is 0 Å². The molecule has 0 bridgehead atoms. The van der Waals surface area contributed by atoms with Crippen LogP contribution in [0.2, 0.25) is 0 Å². The van der Waals surface area contributed by atoms with Crippen molar-refractivity contribution in [3.8, 4) is 0 Å². The number of aliphatic hydroxyl groups is 1. The second-order valence-electron chi connectivity index (χ2n) is 4.61. The minimum Gasteiger partial charge on any atom is -0.396 e. The number of sulfonamides is 1. The zero-order valence-corrected chi connectivity index (χ0v) is 11.6. The Kier molecular flexibility index (Phi) is 4.24. The maximum atomic E-state index is 11.1. The Morgan fingerprint density at radius 1 is 1.37 bits per heavy atom. The Labute approximate surface area is 112 Å². The summed E-state index contributed by atoms with van der Waals surface area (Å²) in [4.78, 5) is 3.18. The van der Waals surface area contributed by atoms with Gasteiger partial charge in [-0.3, -0.25) is 0 Å². The van der Waals surface area contributed by atoms with Crippen LogP contribution in [0.5, 0.6) is 0 Å². The molecule has 3 N–H and O–H groups in total. The van der Waals surface area contributed by atoms with Gasteiger partial charge < -0.3 is 10.1 Å². The SMILES string of the molecule is CS(=O)(=O)NCc1ccc2[nH]cc(CCCO)c2c1. The first kappa shape index (κ1) is 14.0. The molecule has 1 heterocycles. The number of aromatic amines is 1. The Morgan fingerprint density at radius 3 is 2.84 bits per heavy atom. The van der Waals surface area contributed by atoms with Crippen molar-refractivity contribution in [3.63, 3.8) is 0 Å². The summed E-state index contributed by atoms with van der Waals surface area (Å²) >= 11 is 0. The molecule has 104 valence electrons. The molecule has 0 aliphatic rings. The molecule has 0 aliphatic heterocycles. The van der Waals surface area contributed by atoms with Gasteiger partial charge in [-0.1, -0.05) is 6.07 Å². The molecule has 1 aromatic heterocycles. The van der Waals surface area contributed by atoms with Crippen LogP contribution in [0.1, 0.15) is 17.5 Å². The standard InChI is InChI=1S/C13H18N2O3S/c1-19(17,18)15-8-10-4-5-13-12(7-10)11(9-14-13)3-2-6-16/h4-5,7,9,14-16H,2-3,6,8H2,1H3. The van der Waals surface area contributed by atoms with Crippen LogP contribution in [0.25, 0.3) is 10.9 Å². The van der Waals surface area contributed by atoms with Crippen molar-refractivity contribution in [2.24, 2.45) is 0 Å². The predicted octanol–water partition coefficient (Wildman–Crippen LogP) is 1.14. The highest BCUT2D eigenvalue weighted by molar-refractivity contribution is 7.88. The third-order valence-electron chi connectivity index (χ3n) is 2.97. The smallest absolute Gasteiger partial charge is 0.209 e. The molecule has 0 aliphatic carbocycles. The van der Waals surface area contributed by atoms with Crippen LogP contribution in [0.15, 0.2) is 24.4 Å². The molecule has 5 nitrogen and oxygen atoms in total. The zero-order chi connectivity index (χ0) is 13.9. The molecule has 0 saturated heterocycles.